The Kier molecular flexibility index (Phi) is 3.61. The first-order valence-corrected chi connectivity index (χ1v) is 7.83. The Balaban J connectivity index is 2.11. The molecule has 0 bridgehead atoms. The van der Waals surface area contributed by atoms with Crippen LogP contribution in [-0.2, 0) is 12.1 Å². The highest BCUT2D eigenvalue weighted by Crippen LogP contribution is 2.42. The average molecular weight is 364 g/mol. The molecule has 2 heterocycles. The van der Waals surface area contributed by atoms with Gasteiger partial charge in [-0.15, -0.1) is 0 Å². The number of rotatable bonds is 3. The molecule has 0 amide bonds. The van der Waals surface area contributed by atoms with Gasteiger partial charge in [-0.2, -0.15) is 5.10 Å². The Labute approximate surface area is 137 Å². The summed E-state index contributed by atoms with van der Waals surface area (Å²) in [5.74, 6) is 0.531. The van der Waals surface area contributed by atoms with E-state index in [4.69, 9.17) is 4.42 Å². The molecule has 0 saturated heterocycles. The number of benzene rings is 1. The highest BCUT2D eigenvalue weighted by atomic mass is 79.9. The van der Waals surface area contributed by atoms with E-state index in [1.54, 1.807) is 11.0 Å². The molecule has 6 heteroatoms. The zero-order valence-electron chi connectivity index (χ0n) is 12.7. The van der Waals surface area contributed by atoms with Gasteiger partial charge in [0.05, 0.1) is 6.54 Å². The van der Waals surface area contributed by atoms with E-state index >= 15 is 0 Å². The molecule has 0 aliphatic carbocycles. The van der Waals surface area contributed by atoms with Crippen molar-refractivity contribution < 1.29 is 9.52 Å². The Bertz CT molecular complexity index is 789. The Morgan fingerprint density at radius 3 is 2.68 bits per heavy atom. The molecule has 2 aromatic heterocycles. The standard InChI is InChI=1S/C16H18BrN3O2/c1-15(2,3)16(21,8-20-10-18-9-19-20)14-7-11-6-12(17)4-5-13(11)22-14/h4-7,9-10,21H,8H2,1-3H3. The summed E-state index contributed by atoms with van der Waals surface area (Å²) in [7, 11) is 0. The Hall–Kier alpha value is -1.66. The lowest BCUT2D eigenvalue weighted by Crippen LogP contribution is -2.43. The van der Waals surface area contributed by atoms with Gasteiger partial charge in [0.15, 0.2) is 0 Å². The van der Waals surface area contributed by atoms with E-state index in [-0.39, 0.29) is 6.54 Å². The smallest absolute Gasteiger partial charge is 0.146 e. The maximum atomic E-state index is 11.4. The Morgan fingerprint density at radius 2 is 2.05 bits per heavy atom. The molecule has 0 radical (unpaired) electrons. The fourth-order valence-electron chi connectivity index (χ4n) is 2.45. The van der Waals surface area contributed by atoms with Crippen LogP contribution in [0.4, 0.5) is 0 Å². The van der Waals surface area contributed by atoms with E-state index in [0.717, 1.165) is 15.4 Å². The average Bonchev–Trinajstić information content (AvgIpc) is 3.05. The predicted molar refractivity (Wildman–Crippen MR) is 87.3 cm³/mol. The third-order valence-corrected chi connectivity index (χ3v) is 4.48. The van der Waals surface area contributed by atoms with E-state index in [2.05, 4.69) is 26.0 Å². The lowest BCUT2D eigenvalue weighted by molar-refractivity contribution is -0.0949. The molecule has 22 heavy (non-hydrogen) atoms. The van der Waals surface area contributed by atoms with E-state index in [1.165, 1.54) is 6.33 Å². The van der Waals surface area contributed by atoms with Gasteiger partial charge in [0.2, 0.25) is 0 Å². The van der Waals surface area contributed by atoms with Gasteiger partial charge in [0.1, 0.15) is 29.6 Å². The first-order chi connectivity index (χ1) is 10.3. The number of halogens is 1. The normalized spacial score (nSPS) is 15.1. The summed E-state index contributed by atoms with van der Waals surface area (Å²) in [6.45, 7) is 6.21. The zero-order valence-corrected chi connectivity index (χ0v) is 14.3. The molecule has 0 aliphatic rings. The third-order valence-electron chi connectivity index (χ3n) is 3.98. The number of hydrogen-bond acceptors (Lipinski definition) is 4. The number of aromatic nitrogens is 3. The number of furan rings is 1. The van der Waals surface area contributed by atoms with Crippen LogP contribution in [0, 0.1) is 5.41 Å². The van der Waals surface area contributed by atoms with Crippen LogP contribution in [0.3, 0.4) is 0 Å². The summed E-state index contributed by atoms with van der Waals surface area (Å²) in [4.78, 5) is 3.94. The molecular weight excluding hydrogens is 346 g/mol. The summed E-state index contributed by atoms with van der Waals surface area (Å²) in [5, 5.41) is 16.4. The minimum absolute atomic E-state index is 0.275. The molecule has 0 spiro atoms. The van der Waals surface area contributed by atoms with Crippen molar-refractivity contribution >= 4 is 26.9 Å². The van der Waals surface area contributed by atoms with Crippen LogP contribution in [0.1, 0.15) is 26.5 Å². The van der Waals surface area contributed by atoms with Crippen molar-refractivity contribution in [1.29, 1.82) is 0 Å². The molecule has 3 aromatic rings. The molecule has 5 nitrogen and oxygen atoms in total. The molecule has 0 aliphatic heterocycles. The predicted octanol–water partition coefficient (Wildman–Crippen LogP) is 3.72. The fourth-order valence-corrected chi connectivity index (χ4v) is 2.83. The van der Waals surface area contributed by atoms with Gasteiger partial charge in [-0.3, -0.25) is 0 Å². The first kappa shape index (κ1) is 15.2. The van der Waals surface area contributed by atoms with Gasteiger partial charge in [0, 0.05) is 9.86 Å². The molecule has 3 rings (SSSR count). The molecule has 1 N–H and O–H groups in total. The lowest BCUT2D eigenvalue weighted by atomic mass is 9.74. The second-order valence-corrected chi connectivity index (χ2v) is 7.41. The second kappa shape index (κ2) is 5.21. The summed E-state index contributed by atoms with van der Waals surface area (Å²) >= 11 is 3.45. The second-order valence-electron chi connectivity index (χ2n) is 6.50. The van der Waals surface area contributed by atoms with Crippen LogP contribution in [0.15, 0.2) is 45.8 Å². The number of fused-ring (bicyclic) bond motifs is 1. The molecule has 116 valence electrons. The maximum absolute atomic E-state index is 11.4. The quantitative estimate of drug-likeness (QED) is 0.769. The highest BCUT2D eigenvalue weighted by Gasteiger charge is 2.45. The van der Waals surface area contributed by atoms with Crippen molar-refractivity contribution in [2.24, 2.45) is 5.41 Å². The van der Waals surface area contributed by atoms with Crippen molar-refractivity contribution in [2.45, 2.75) is 32.9 Å². The number of nitrogens with zero attached hydrogens (tertiary/aromatic N) is 3. The van der Waals surface area contributed by atoms with Crippen LogP contribution in [0.5, 0.6) is 0 Å². The number of aliphatic hydroxyl groups is 1. The minimum Gasteiger partial charge on any atom is -0.458 e. The van der Waals surface area contributed by atoms with Crippen molar-refractivity contribution in [3.8, 4) is 0 Å². The monoisotopic (exact) mass is 363 g/mol. The van der Waals surface area contributed by atoms with Crippen molar-refractivity contribution in [1.82, 2.24) is 14.8 Å². The van der Waals surface area contributed by atoms with Crippen LogP contribution < -0.4 is 0 Å². The fraction of sp³-hybridized carbons (Fsp3) is 0.375. The summed E-state index contributed by atoms with van der Waals surface area (Å²) in [5.41, 5.74) is -0.893. The number of hydrogen-bond donors (Lipinski definition) is 1. The van der Waals surface area contributed by atoms with Gasteiger partial charge < -0.3 is 9.52 Å². The molecule has 0 fully saturated rings. The lowest BCUT2D eigenvalue weighted by Gasteiger charge is -2.38. The van der Waals surface area contributed by atoms with Crippen LogP contribution >= 0.6 is 15.9 Å². The molecule has 1 unspecified atom stereocenters. The van der Waals surface area contributed by atoms with Crippen molar-refractivity contribution in [3.05, 3.63) is 47.2 Å². The van der Waals surface area contributed by atoms with Gasteiger partial charge >= 0.3 is 0 Å². The van der Waals surface area contributed by atoms with Crippen molar-refractivity contribution in [2.75, 3.05) is 0 Å². The van der Waals surface area contributed by atoms with Gasteiger partial charge in [0.25, 0.3) is 0 Å². The minimum atomic E-state index is -1.20. The summed E-state index contributed by atoms with van der Waals surface area (Å²) in [6, 6.07) is 7.67. The largest absolute Gasteiger partial charge is 0.458 e. The van der Waals surface area contributed by atoms with Gasteiger partial charge in [-0.05, 0) is 29.7 Å². The van der Waals surface area contributed by atoms with Crippen LogP contribution in [0.25, 0.3) is 11.0 Å². The molecule has 0 saturated carbocycles. The third kappa shape index (κ3) is 2.57. The molecule has 1 aromatic carbocycles. The van der Waals surface area contributed by atoms with E-state index < -0.39 is 11.0 Å². The van der Waals surface area contributed by atoms with Gasteiger partial charge in [-0.25, -0.2) is 9.67 Å². The van der Waals surface area contributed by atoms with Crippen LogP contribution in [-0.4, -0.2) is 19.9 Å². The van der Waals surface area contributed by atoms with Gasteiger partial charge in [-0.1, -0.05) is 36.7 Å². The van der Waals surface area contributed by atoms with Crippen LogP contribution in [0.2, 0.25) is 0 Å². The SMILES string of the molecule is CC(C)(C)C(O)(Cn1cncn1)c1cc2cc(Br)ccc2o1. The topological polar surface area (TPSA) is 64.1 Å². The highest BCUT2D eigenvalue weighted by molar-refractivity contribution is 9.10. The first-order valence-electron chi connectivity index (χ1n) is 7.04. The van der Waals surface area contributed by atoms with Crippen molar-refractivity contribution in [3.63, 3.8) is 0 Å². The van der Waals surface area contributed by atoms with E-state index in [9.17, 15) is 5.11 Å². The summed E-state index contributed by atoms with van der Waals surface area (Å²) < 4.78 is 8.53. The molecular formula is C16H18BrN3O2. The summed E-state index contributed by atoms with van der Waals surface area (Å²) in [6.07, 6.45) is 3.05. The van der Waals surface area contributed by atoms with E-state index in [0.29, 0.717) is 5.76 Å². The maximum Gasteiger partial charge on any atom is 0.146 e. The Morgan fingerprint density at radius 1 is 1.27 bits per heavy atom. The van der Waals surface area contributed by atoms with E-state index in [1.807, 2.05) is 45.0 Å². The molecule has 1 atom stereocenters. The zero-order chi connectivity index (χ0) is 16.0.